The molecule has 0 unspecified atom stereocenters. The number of hydrazine groups is 1. The van der Waals surface area contributed by atoms with E-state index in [0.29, 0.717) is 17.1 Å². The standard InChI is InChI=1S/C16H15N3O3S2/c1-9-7-11(10(2)22-9)15(21)19-18-14(20)8-23-16-17-12-5-3-4-6-13(12)24-16/h3-7H,8H2,1-2H3,(H,18,20)(H,19,21). The zero-order valence-electron chi connectivity index (χ0n) is 13.1. The number of carbonyl (C=O) groups excluding carboxylic acids is 2. The Labute approximate surface area is 146 Å². The van der Waals surface area contributed by atoms with E-state index in [1.54, 1.807) is 19.9 Å². The highest BCUT2D eigenvalue weighted by Gasteiger charge is 2.14. The topological polar surface area (TPSA) is 84.2 Å². The van der Waals surface area contributed by atoms with Crippen LogP contribution in [0.1, 0.15) is 21.9 Å². The van der Waals surface area contributed by atoms with E-state index in [2.05, 4.69) is 15.8 Å². The lowest BCUT2D eigenvalue weighted by molar-refractivity contribution is -0.119. The summed E-state index contributed by atoms with van der Waals surface area (Å²) >= 11 is 2.87. The molecule has 0 bridgehead atoms. The fraction of sp³-hybridized carbons (Fsp3) is 0.188. The molecule has 1 aromatic carbocycles. The smallest absolute Gasteiger partial charge is 0.273 e. The lowest BCUT2D eigenvalue weighted by Crippen LogP contribution is -2.42. The Kier molecular flexibility index (Phi) is 4.86. The fourth-order valence-electron chi connectivity index (χ4n) is 2.13. The van der Waals surface area contributed by atoms with Crippen LogP contribution in [0.5, 0.6) is 0 Å². The molecule has 0 atom stereocenters. The number of carbonyl (C=O) groups is 2. The summed E-state index contributed by atoms with van der Waals surface area (Å²) in [6, 6.07) is 9.44. The van der Waals surface area contributed by atoms with Crippen LogP contribution in [0.3, 0.4) is 0 Å². The van der Waals surface area contributed by atoms with Gasteiger partial charge in [0.25, 0.3) is 5.91 Å². The number of hydrogen-bond acceptors (Lipinski definition) is 6. The molecule has 2 N–H and O–H groups in total. The van der Waals surface area contributed by atoms with Crippen molar-refractivity contribution in [1.29, 1.82) is 0 Å². The Hall–Kier alpha value is -2.32. The maximum absolute atomic E-state index is 12.0. The molecule has 0 saturated heterocycles. The average molecular weight is 361 g/mol. The molecule has 0 aliphatic carbocycles. The zero-order valence-corrected chi connectivity index (χ0v) is 14.7. The molecule has 2 aromatic heterocycles. The lowest BCUT2D eigenvalue weighted by Gasteiger charge is -2.05. The van der Waals surface area contributed by atoms with Crippen LogP contribution in [0, 0.1) is 13.8 Å². The predicted molar refractivity (Wildman–Crippen MR) is 94.1 cm³/mol. The van der Waals surface area contributed by atoms with E-state index in [0.717, 1.165) is 14.6 Å². The van der Waals surface area contributed by atoms with Crippen LogP contribution in [0.2, 0.25) is 0 Å². The number of para-hydroxylation sites is 1. The van der Waals surface area contributed by atoms with E-state index in [4.69, 9.17) is 4.42 Å². The van der Waals surface area contributed by atoms with Gasteiger partial charge in [0.2, 0.25) is 5.91 Å². The summed E-state index contributed by atoms with van der Waals surface area (Å²) in [7, 11) is 0. The van der Waals surface area contributed by atoms with Gasteiger partial charge in [-0.1, -0.05) is 23.9 Å². The lowest BCUT2D eigenvalue weighted by atomic mass is 10.2. The third-order valence-corrected chi connectivity index (χ3v) is 5.38. The number of thioether (sulfide) groups is 1. The van der Waals surface area contributed by atoms with E-state index < -0.39 is 5.91 Å². The molecular weight excluding hydrogens is 346 g/mol. The van der Waals surface area contributed by atoms with Crippen molar-refractivity contribution in [3.8, 4) is 0 Å². The second kappa shape index (κ2) is 7.06. The molecule has 0 spiro atoms. The van der Waals surface area contributed by atoms with Crippen molar-refractivity contribution in [2.24, 2.45) is 0 Å². The number of hydrogen-bond donors (Lipinski definition) is 2. The van der Waals surface area contributed by atoms with Crippen molar-refractivity contribution in [3.63, 3.8) is 0 Å². The van der Waals surface area contributed by atoms with Crippen molar-refractivity contribution < 1.29 is 14.0 Å². The largest absolute Gasteiger partial charge is 0.466 e. The first-order valence-electron chi connectivity index (χ1n) is 7.17. The fourth-order valence-corrected chi connectivity index (χ4v) is 3.99. The third-order valence-electron chi connectivity index (χ3n) is 3.20. The van der Waals surface area contributed by atoms with E-state index in [1.807, 2.05) is 24.3 Å². The number of amides is 2. The number of thiazole rings is 1. The second-order valence-electron chi connectivity index (χ2n) is 5.07. The van der Waals surface area contributed by atoms with E-state index in [1.165, 1.54) is 23.1 Å². The number of furan rings is 1. The predicted octanol–water partition coefficient (Wildman–Crippen LogP) is 3.06. The van der Waals surface area contributed by atoms with Gasteiger partial charge >= 0.3 is 0 Å². The molecule has 0 saturated carbocycles. The van der Waals surface area contributed by atoms with Crippen molar-refractivity contribution in [1.82, 2.24) is 15.8 Å². The molecule has 124 valence electrons. The molecule has 6 nitrogen and oxygen atoms in total. The first-order valence-corrected chi connectivity index (χ1v) is 8.98. The summed E-state index contributed by atoms with van der Waals surface area (Å²) in [6.07, 6.45) is 0. The first-order chi connectivity index (χ1) is 11.5. The highest BCUT2D eigenvalue weighted by Crippen LogP contribution is 2.28. The van der Waals surface area contributed by atoms with Gasteiger partial charge in [0.05, 0.1) is 21.5 Å². The Morgan fingerprint density at radius 1 is 1.25 bits per heavy atom. The van der Waals surface area contributed by atoms with Gasteiger partial charge in [-0.2, -0.15) is 0 Å². The number of fused-ring (bicyclic) bond motifs is 1. The maximum atomic E-state index is 12.0. The molecule has 2 amide bonds. The quantitative estimate of drug-likeness (QED) is 0.551. The monoisotopic (exact) mass is 361 g/mol. The first kappa shape index (κ1) is 16.5. The van der Waals surface area contributed by atoms with Gasteiger partial charge < -0.3 is 4.42 Å². The Bertz CT molecular complexity index is 868. The summed E-state index contributed by atoms with van der Waals surface area (Å²) in [5.41, 5.74) is 6.11. The normalized spacial score (nSPS) is 10.8. The van der Waals surface area contributed by atoms with Crippen LogP contribution >= 0.6 is 23.1 Å². The highest BCUT2D eigenvalue weighted by atomic mass is 32.2. The van der Waals surface area contributed by atoms with Gasteiger partial charge in [-0.15, -0.1) is 11.3 Å². The summed E-state index contributed by atoms with van der Waals surface area (Å²) in [5.74, 6) is 0.635. The zero-order chi connectivity index (χ0) is 17.1. The molecule has 24 heavy (non-hydrogen) atoms. The molecule has 0 aliphatic heterocycles. The minimum atomic E-state index is -0.400. The van der Waals surface area contributed by atoms with Gasteiger partial charge in [-0.25, -0.2) is 4.98 Å². The molecule has 0 aliphatic rings. The van der Waals surface area contributed by atoms with Gasteiger partial charge in [-0.3, -0.25) is 20.4 Å². The Morgan fingerprint density at radius 2 is 2.04 bits per heavy atom. The molecule has 3 rings (SSSR count). The maximum Gasteiger partial charge on any atom is 0.273 e. The summed E-state index contributed by atoms with van der Waals surface area (Å²) < 4.78 is 7.19. The summed E-state index contributed by atoms with van der Waals surface area (Å²) in [6.45, 7) is 3.46. The molecule has 2 heterocycles. The van der Waals surface area contributed by atoms with Gasteiger partial charge in [0.15, 0.2) is 4.34 Å². The van der Waals surface area contributed by atoms with Crippen molar-refractivity contribution in [2.45, 2.75) is 18.2 Å². The van der Waals surface area contributed by atoms with Crippen LogP contribution in [0.25, 0.3) is 10.2 Å². The van der Waals surface area contributed by atoms with Crippen LogP contribution in [-0.4, -0.2) is 22.6 Å². The molecule has 8 heteroatoms. The minimum absolute atomic E-state index is 0.170. The minimum Gasteiger partial charge on any atom is -0.466 e. The highest BCUT2D eigenvalue weighted by molar-refractivity contribution is 8.01. The van der Waals surface area contributed by atoms with Crippen LogP contribution in [-0.2, 0) is 4.79 Å². The number of aromatic nitrogens is 1. The number of nitrogens with one attached hydrogen (secondary N) is 2. The summed E-state index contributed by atoms with van der Waals surface area (Å²) in [4.78, 5) is 28.3. The third kappa shape index (κ3) is 3.77. The average Bonchev–Trinajstić information content (AvgIpc) is 3.12. The van der Waals surface area contributed by atoms with Gasteiger partial charge in [-0.05, 0) is 32.0 Å². The number of nitrogens with zero attached hydrogens (tertiary/aromatic N) is 1. The van der Waals surface area contributed by atoms with Crippen molar-refractivity contribution >= 4 is 45.1 Å². The molecule has 0 fully saturated rings. The molecular formula is C16H15N3O3S2. The van der Waals surface area contributed by atoms with Crippen LogP contribution in [0.4, 0.5) is 0 Å². The number of aryl methyl sites for hydroxylation is 2. The van der Waals surface area contributed by atoms with E-state index in [9.17, 15) is 9.59 Å². The molecule has 3 aromatic rings. The number of benzene rings is 1. The molecule has 0 radical (unpaired) electrons. The van der Waals surface area contributed by atoms with E-state index in [-0.39, 0.29) is 11.7 Å². The van der Waals surface area contributed by atoms with Gasteiger partial charge in [0.1, 0.15) is 11.5 Å². The van der Waals surface area contributed by atoms with Gasteiger partial charge in [0, 0.05) is 0 Å². The van der Waals surface area contributed by atoms with Crippen molar-refractivity contribution in [2.75, 3.05) is 5.75 Å². The van der Waals surface area contributed by atoms with Crippen molar-refractivity contribution in [3.05, 3.63) is 47.4 Å². The second-order valence-corrected chi connectivity index (χ2v) is 7.32. The number of rotatable bonds is 4. The SMILES string of the molecule is Cc1cc(C(=O)NNC(=O)CSc2nc3ccccc3s2)c(C)o1. The Morgan fingerprint density at radius 3 is 2.75 bits per heavy atom. The summed E-state index contributed by atoms with van der Waals surface area (Å²) in [5, 5.41) is 0. The van der Waals surface area contributed by atoms with E-state index >= 15 is 0 Å². The Balaban J connectivity index is 1.50. The van der Waals surface area contributed by atoms with Crippen LogP contribution < -0.4 is 10.9 Å². The van der Waals surface area contributed by atoms with Crippen LogP contribution in [0.15, 0.2) is 39.1 Å².